The van der Waals surface area contributed by atoms with E-state index in [4.69, 9.17) is 22.7 Å². The number of thioether (sulfide) groups is 1. The summed E-state index contributed by atoms with van der Waals surface area (Å²) in [6, 6.07) is 7.38. The predicted octanol–water partition coefficient (Wildman–Crippen LogP) is 3.96. The summed E-state index contributed by atoms with van der Waals surface area (Å²) in [5.41, 5.74) is 7.76. The Labute approximate surface area is 205 Å². The molecule has 7 nitrogen and oxygen atoms in total. The fourth-order valence-electron chi connectivity index (χ4n) is 3.84. The van der Waals surface area contributed by atoms with Crippen LogP contribution in [0.15, 0.2) is 29.2 Å². The topological polar surface area (TPSA) is 102 Å². The van der Waals surface area contributed by atoms with Crippen LogP contribution < -0.4 is 15.8 Å². The number of thiophene rings is 1. The Morgan fingerprint density at radius 2 is 1.97 bits per heavy atom. The van der Waals surface area contributed by atoms with Gasteiger partial charge in [-0.3, -0.25) is 19.3 Å². The standard InChI is InChI=1S/C23H23N3O4S3/c1-2-30-14-9-7-13(8-10-14)11-17-22(29)26(23(31)33-17)12-18(27)25-21-19(20(24)28)15-5-3-4-6-16(15)32-21/h7-11H,2-6,12H2,1H3,(H2,24,28)(H,25,27). The molecule has 2 aliphatic rings. The first kappa shape index (κ1) is 23.5. The van der Waals surface area contributed by atoms with Crippen molar-refractivity contribution in [2.24, 2.45) is 5.73 Å². The molecule has 1 aromatic carbocycles. The van der Waals surface area contributed by atoms with Crippen LogP contribution in [0.25, 0.3) is 6.08 Å². The van der Waals surface area contributed by atoms with Crippen molar-refractivity contribution in [1.29, 1.82) is 0 Å². The highest BCUT2D eigenvalue weighted by atomic mass is 32.2. The van der Waals surface area contributed by atoms with Gasteiger partial charge in [0.1, 0.15) is 21.6 Å². The van der Waals surface area contributed by atoms with Crippen molar-refractivity contribution in [2.45, 2.75) is 32.6 Å². The van der Waals surface area contributed by atoms with Crippen LogP contribution in [-0.2, 0) is 22.4 Å². The minimum absolute atomic E-state index is 0.230. The second-order valence-corrected chi connectivity index (χ2v) is 10.4. The first-order chi connectivity index (χ1) is 15.9. The van der Waals surface area contributed by atoms with Gasteiger partial charge in [0.05, 0.1) is 17.1 Å². The van der Waals surface area contributed by atoms with Crippen LogP contribution in [0, 0.1) is 0 Å². The number of carbonyl (C=O) groups excluding carboxylic acids is 3. The Morgan fingerprint density at radius 3 is 2.67 bits per heavy atom. The second-order valence-electron chi connectivity index (χ2n) is 7.60. The highest BCUT2D eigenvalue weighted by Gasteiger charge is 2.34. The fraction of sp³-hybridized carbons (Fsp3) is 0.304. The van der Waals surface area contributed by atoms with E-state index < -0.39 is 11.8 Å². The van der Waals surface area contributed by atoms with Crippen molar-refractivity contribution in [2.75, 3.05) is 18.5 Å². The van der Waals surface area contributed by atoms with Crippen molar-refractivity contribution in [3.63, 3.8) is 0 Å². The van der Waals surface area contributed by atoms with Gasteiger partial charge in [0.2, 0.25) is 5.91 Å². The molecule has 33 heavy (non-hydrogen) atoms. The Bertz CT molecular complexity index is 1150. The van der Waals surface area contributed by atoms with Crippen molar-refractivity contribution >= 4 is 68.4 Å². The van der Waals surface area contributed by atoms with Crippen molar-refractivity contribution in [3.8, 4) is 5.75 Å². The Morgan fingerprint density at radius 1 is 1.24 bits per heavy atom. The summed E-state index contributed by atoms with van der Waals surface area (Å²) in [4.78, 5) is 40.5. The number of nitrogens with zero attached hydrogens (tertiary/aromatic N) is 1. The van der Waals surface area contributed by atoms with E-state index in [1.54, 1.807) is 6.08 Å². The van der Waals surface area contributed by atoms with Gasteiger partial charge in [-0.25, -0.2) is 0 Å². The number of ether oxygens (including phenoxy) is 1. The molecule has 1 fully saturated rings. The molecule has 4 rings (SSSR count). The average molecular weight is 502 g/mol. The summed E-state index contributed by atoms with van der Waals surface area (Å²) in [6.07, 6.45) is 5.45. The number of fused-ring (bicyclic) bond motifs is 1. The van der Waals surface area contributed by atoms with Gasteiger partial charge in [-0.2, -0.15) is 0 Å². The molecule has 3 N–H and O–H groups in total. The van der Waals surface area contributed by atoms with Gasteiger partial charge in [0, 0.05) is 4.88 Å². The summed E-state index contributed by atoms with van der Waals surface area (Å²) in [6.45, 7) is 2.26. The van der Waals surface area contributed by atoms with Crippen LogP contribution in [0.4, 0.5) is 5.00 Å². The third kappa shape index (κ3) is 5.13. The number of carbonyl (C=O) groups is 3. The minimum Gasteiger partial charge on any atom is -0.494 e. The smallest absolute Gasteiger partial charge is 0.266 e. The number of anilines is 1. The molecule has 1 saturated heterocycles. The van der Waals surface area contributed by atoms with E-state index in [1.165, 1.54) is 16.2 Å². The number of primary amides is 1. The van der Waals surface area contributed by atoms with Crippen molar-refractivity contribution in [3.05, 3.63) is 50.7 Å². The van der Waals surface area contributed by atoms with Crippen LogP contribution >= 0.6 is 35.3 Å². The zero-order valence-corrected chi connectivity index (χ0v) is 20.5. The summed E-state index contributed by atoms with van der Waals surface area (Å²) < 4.78 is 5.75. The highest BCUT2D eigenvalue weighted by molar-refractivity contribution is 8.26. The molecule has 1 aliphatic heterocycles. The largest absolute Gasteiger partial charge is 0.494 e. The normalized spacial score (nSPS) is 16.8. The molecule has 2 aromatic rings. The molecule has 0 spiro atoms. The van der Waals surface area contributed by atoms with E-state index in [1.807, 2.05) is 31.2 Å². The zero-order chi connectivity index (χ0) is 23.5. The van der Waals surface area contributed by atoms with E-state index in [-0.39, 0.29) is 12.5 Å². The third-order valence-electron chi connectivity index (χ3n) is 5.33. The number of amides is 3. The fourth-order valence-corrected chi connectivity index (χ4v) is 6.40. The third-order valence-corrected chi connectivity index (χ3v) is 7.92. The molecule has 0 saturated carbocycles. The minimum atomic E-state index is -0.548. The Kier molecular flexibility index (Phi) is 7.16. The maximum Gasteiger partial charge on any atom is 0.266 e. The van der Waals surface area contributed by atoms with Crippen molar-refractivity contribution < 1.29 is 19.1 Å². The van der Waals surface area contributed by atoms with Crippen LogP contribution in [0.1, 0.15) is 46.1 Å². The quantitative estimate of drug-likeness (QED) is 0.440. The summed E-state index contributed by atoms with van der Waals surface area (Å²) in [5, 5.41) is 3.24. The van der Waals surface area contributed by atoms with Crippen LogP contribution in [0.5, 0.6) is 5.75 Å². The van der Waals surface area contributed by atoms with E-state index in [2.05, 4.69) is 5.32 Å². The average Bonchev–Trinajstić information content (AvgIpc) is 3.27. The lowest BCUT2D eigenvalue weighted by molar-refractivity contribution is -0.126. The number of nitrogens with one attached hydrogen (secondary N) is 1. The van der Waals surface area contributed by atoms with Gasteiger partial charge in [0.15, 0.2) is 0 Å². The monoisotopic (exact) mass is 501 g/mol. The summed E-state index contributed by atoms with van der Waals surface area (Å²) in [7, 11) is 0. The van der Waals surface area contributed by atoms with E-state index >= 15 is 0 Å². The molecule has 1 aromatic heterocycles. The van der Waals surface area contributed by atoms with Gasteiger partial charge in [-0.05, 0) is 61.9 Å². The molecule has 0 radical (unpaired) electrons. The van der Waals surface area contributed by atoms with Crippen molar-refractivity contribution in [1.82, 2.24) is 4.90 Å². The van der Waals surface area contributed by atoms with Gasteiger partial charge < -0.3 is 15.8 Å². The van der Waals surface area contributed by atoms with E-state index in [0.717, 1.165) is 59.2 Å². The lowest BCUT2D eigenvalue weighted by atomic mass is 9.95. The molecule has 3 amide bonds. The first-order valence-electron chi connectivity index (χ1n) is 10.6. The number of nitrogens with two attached hydrogens (primary N) is 1. The number of hydrogen-bond acceptors (Lipinski definition) is 7. The van der Waals surface area contributed by atoms with Gasteiger partial charge in [0.25, 0.3) is 11.8 Å². The molecule has 0 bridgehead atoms. The van der Waals surface area contributed by atoms with Crippen LogP contribution in [0.2, 0.25) is 0 Å². The maximum atomic E-state index is 12.9. The number of aryl methyl sites for hydroxylation is 1. The molecular formula is C23H23N3O4S3. The maximum absolute atomic E-state index is 12.9. The number of rotatable bonds is 7. The zero-order valence-electron chi connectivity index (χ0n) is 18.0. The number of hydrogen-bond donors (Lipinski definition) is 2. The summed E-state index contributed by atoms with van der Waals surface area (Å²) >= 11 is 7.89. The lowest BCUT2D eigenvalue weighted by Crippen LogP contribution is -2.36. The van der Waals surface area contributed by atoms with Crippen LogP contribution in [-0.4, -0.2) is 40.1 Å². The molecule has 1 aliphatic carbocycles. The summed E-state index contributed by atoms with van der Waals surface area (Å²) in [5.74, 6) is -0.539. The van der Waals surface area contributed by atoms with Gasteiger partial charge >= 0.3 is 0 Å². The Balaban J connectivity index is 1.46. The predicted molar refractivity (Wildman–Crippen MR) is 136 cm³/mol. The molecule has 0 unspecified atom stereocenters. The molecule has 172 valence electrons. The second kappa shape index (κ2) is 10.1. The molecule has 0 atom stereocenters. The number of thiocarbonyl (C=S) groups is 1. The first-order valence-corrected chi connectivity index (χ1v) is 12.6. The number of benzene rings is 1. The highest BCUT2D eigenvalue weighted by Crippen LogP contribution is 2.38. The van der Waals surface area contributed by atoms with E-state index in [0.29, 0.717) is 26.4 Å². The van der Waals surface area contributed by atoms with E-state index in [9.17, 15) is 14.4 Å². The van der Waals surface area contributed by atoms with Crippen LogP contribution in [0.3, 0.4) is 0 Å². The molecule has 10 heteroatoms. The molecule has 2 heterocycles. The Hall–Kier alpha value is -2.69. The van der Waals surface area contributed by atoms with Gasteiger partial charge in [-0.15, -0.1) is 11.3 Å². The SMILES string of the molecule is CCOc1ccc(C=C2SC(=S)N(CC(=O)Nc3sc4c(c3C(N)=O)CCCC4)C2=O)cc1. The van der Waals surface area contributed by atoms with Gasteiger partial charge in [-0.1, -0.05) is 36.1 Å². The lowest BCUT2D eigenvalue weighted by Gasteiger charge is -2.14. The molecular weight excluding hydrogens is 478 g/mol.